The van der Waals surface area contributed by atoms with Gasteiger partial charge >= 0.3 is 5.97 Å². The van der Waals surface area contributed by atoms with Gasteiger partial charge < -0.3 is 10.1 Å². The molecule has 0 saturated heterocycles. The zero-order chi connectivity index (χ0) is 17.1. The van der Waals surface area contributed by atoms with Gasteiger partial charge in [0.1, 0.15) is 10.7 Å². The number of halogens is 1. The number of anilines is 1. The number of benzene rings is 1. The number of thiophene rings is 1. The van der Waals surface area contributed by atoms with Crippen LogP contribution in [0.2, 0.25) is 0 Å². The lowest BCUT2D eigenvalue weighted by Gasteiger charge is -2.08. The van der Waals surface area contributed by atoms with Gasteiger partial charge in [-0.1, -0.05) is 6.07 Å². The van der Waals surface area contributed by atoms with Crippen LogP contribution in [0.4, 0.5) is 10.1 Å². The molecule has 0 saturated carbocycles. The van der Waals surface area contributed by atoms with Crippen LogP contribution in [0.1, 0.15) is 38.5 Å². The third-order valence-electron chi connectivity index (χ3n) is 3.99. The van der Waals surface area contributed by atoms with Crippen LogP contribution in [0.15, 0.2) is 24.3 Å². The van der Waals surface area contributed by atoms with Gasteiger partial charge in [-0.15, -0.1) is 11.3 Å². The molecule has 4 nitrogen and oxygen atoms in total. The van der Waals surface area contributed by atoms with E-state index in [0.29, 0.717) is 16.1 Å². The Hall–Kier alpha value is -2.21. The summed E-state index contributed by atoms with van der Waals surface area (Å²) in [6.07, 6.45) is 4.30. The van der Waals surface area contributed by atoms with Crippen molar-refractivity contribution >= 4 is 28.9 Å². The van der Waals surface area contributed by atoms with Gasteiger partial charge in [0.25, 0.3) is 5.91 Å². The van der Waals surface area contributed by atoms with Crippen molar-refractivity contribution in [3.05, 3.63) is 51.0 Å². The van der Waals surface area contributed by atoms with Crippen LogP contribution in [-0.2, 0) is 22.4 Å². The minimum atomic E-state index is -0.493. The van der Waals surface area contributed by atoms with Gasteiger partial charge in [-0.2, -0.15) is 0 Å². The number of fused-ring (bicyclic) bond motifs is 1. The van der Waals surface area contributed by atoms with E-state index in [1.165, 1.54) is 27.8 Å². The number of hydrogen-bond donors (Lipinski definition) is 1. The van der Waals surface area contributed by atoms with Crippen LogP contribution >= 0.6 is 11.3 Å². The molecule has 1 aromatic heterocycles. The lowest BCUT2D eigenvalue weighted by molar-refractivity contribution is -0.119. The third kappa shape index (κ3) is 3.82. The maximum atomic E-state index is 13.4. The summed E-state index contributed by atoms with van der Waals surface area (Å²) in [5.74, 6) is -1.37. The Bertz CT molecular complexity index is 761. The minimum absolute atomic E-state index is 0.339. The number of carbonyl (C=O) groups excluding carboxylic acids is 2. The summed E-state index contributed by atoms with van der Waals surface area (Å²) in [6.45, 7) is 1.25. The Balaban J connectivity index is 1.54. The van der Waals surface area contributed by atoms with E-state index < -0.39 is 24.3 Å². The predicted molar refractivity (Wildman–Crippen MR) is 91.0 cm³/mol. The van der Waals surface area contributed by atoms with E-state index >= 15 is 0 Å². The molecule has 1 aliphatic carbocycles. The maximum Gasteiger partial charge on any atom is 0.348 e. The van der Waals surface area contributed by atoms with E-state index in [-0.39, 0.29) is 0 Å². The largest absolute Gasteiger partial charge is 0.451 e. The highest BCUT2D eigenvalue weighted by Gasteiger charge is 2.19. The molecule has 0 unspecified atom stereocenters. The molecule has 24 heavy (non-hydrogen) atoms. The van der Waals surface area contributed by atoms with Crippen molar-refractivity contribution in [2.75, 3.05) is 11.9 Å². The molecule has 6 heteroatoms. The third-order valence-corrected chi connectivity index (χ3v) is 5.20. The molecule has 0 spiro atoms. The molecule has 1 heterocycles. The van der Waals surface area contributed by atoms with Gasteiger partial charge in [-0.3, -0.25) is 4.79 Å². The molecule has 126 valence electrons. The molecular weight excluding hydrogens is 329 g/mol. The van der Waals surface area contributed by atoms with Crippen LogP contribution in [0.25, 0.3) is 0 Å². The topological polar surface area (TPSA) is 55.4 Å². The van der Waals surface area contributed by atoms with E-state index in [1.54, 1.807) is 19.1 Å². The van der Waals surface area contributed by atoms with Crippen LogP contribution < -0.4 is 5.32 Å². The minimum Gasteiger partial charge on any atom is -0.451 e. The van der Waals surface area contributed by atoms with Gasteiger partial charge in [0, 0.05) is 10.6 Å². The summed E-state index contributed by atoms with van der Waals surface area (Å²) in [5.41, 5.74) is 2.06. The van der Waals surface area contributed by atoms with E-state index in [4.69, 9.17) is 4.74 Å². The fourth-order valence-electron chi connectivity index (χ4n) is 2.66. The second-order valence-electron chi connectivity index (χ2n) is 5.85. The summed E-state index contributed by atoms with van der Waals surface area (Å²) in [5, 5.41) is 2.51. The van der Waals surface area contributed by atoms with Gasteiger partial charge in [0.15, 0.2) is 6.61 Å². The molecule has 1 amide bonds. The Kier molecular flexibility index (Phi) is 4.94. The van der Waals surface area contributed by atoms with Crippen molar-refractivity contribution in [2.45, 2.75) is 32.6 Å². The van der Waals surface area contributed by atoms with E-state index in [1.807, 2.05) is 6.07 Å². The van der Waals surface area contributed by atoms with Gasteiger partial charge in [-0.25, -0.2) is 9.18 Å². The van der Waals surface area contributed by atoms with Crippen molar-refractivity contribution in [1.29, 1.82) is 0 Å². The van der Waals surface area contributed by atoms with Crippen molar-refractivity contribution in [3.63, 3.8) is 0 Å². The summed E-state index contributed by atoms with van der Waals surface area (Å²) in [4.78, 5) is 25.7. The van der Waals surface area contributed by atoms with Crippen molar-refractivity contribution in [1.82, 2.24) is 0 Å². The smallest absolute Gasteiger partial charge is 0.348 e. The molecule has 2 aromatic rings. The number of hydrogen-bond acceptors (Lipinski definition) is 4. The molecule has 1 N–H and O–H groups in total. The molecule has 0 fully saturated rings. The monoisotopic (exact) mass is 347 g/mol. The first kappa shape index (κ1) is 16.6. The van der Waals surface area contributed by atoms with Crippen LogP contribution in [0, 0.1) is 12.7 Å². The average molecular weight is 347 g/mol. The molecule has 1 aliphatic rings. The number of nitrogens with one attached hydrogen (secondary N) is 1. The SMILES string of the molecule is Cc1ccc(NC(=O)COC(=O)c2cc3c(s2)CCCC3)cc1F. The van der Waals surface area contributed by atoms with E-state index in [9.17, 15) is 14.0 Å². The van der Waals surface area contributed by atoms with Crippen molar-refractivity contribution in [3.8, 4) is 0 Å². The van der Waals surface area contributed by atoms with Gasteiger partial charge in [0.05, 0.1) is 0 Å². The van der Waals surface area contributed by atoms with Gasteiger partial charge in [0.2, 0.25) is 0 Å². The molecule has 0 radical (unpaired) electrons. The average Bonchev–Trinajstić information content (AvgIpc) is 3.00. The second-order valence-corrected chi connectivity index (χ2v) is 6.99. The molecule has 0 aliphatic heterocycles. The molecule has 3 rings (SSSR count). The standard InChI is InChI=1S/C18H18FNO3S/c1-11-6-7-13(9-14(11)19)20-17(21)10-23-18(22)16-8-12-4-2-3-5-15(12)24-16/h6-9H,2-5,10H2,1H3,(H,20,21). The first-order chi connectivity index (χ1) is 11.5. The van der Waals surface area contributed by atoms with E-state index in [2.05, 4.69) is 5.32 Å². The summed E-state index contributed by atoms with van der Waals surface area (Å²) >= 11 is 1.45. The summed E-state index contributed by atoms with van der Waals surface area (Å²) in [6, 6.07) is 6.29. The fourth-order valence-corrected chi connectivity index (χ4v) is 3.81. The Morgan fingerprint density at radius 2 is 2.04 bits per heavy atom. The highest BCUT2D eigenvalue weighted by Crippen LogP contribution is 2.30. The number of rotatable bonds is 4. The predicted octanol–water partition coefficient (Wildman–Crippen LogP) is 3.87. The molecule has 0 atom stereocenters. The second kappa shape index (κ2) is 7.13. The normalized spacial score (nSPS) is 13.2. The Morgan fingerprint density at radius 3 is 2.79 bits per heavy atom. The number of ether oxygens (including phenoxy) is 1. The van der Waals surface area contributed by atoms with Crippen molar-refractivity contribution < 1.29 is 18.7 Å². The first-order valence-electron chi connectivity index (χ1n) is 7.87. The lowest BCUT2D eigenvalue weighted by Crippen LogP contribution is -2.20. The van der Waals surface area contributed by atoms with Crippen LogP contribution in [0.3, 0.4) is 0 Å². The fraction of sp³-hybridized carbons (Fsp3) is 0.333. The van der Waals surface area contributed by atoms with Crippen molar-refractivity contribution in [2.24, 2.45) is 0 Å². The quantitative estimate of drug-likeness (QED) is 0.854. The summed E-state index contributed by atoms with van der Waals surface area (Å²) in [7, 11) is 0. The van der Waals surface area contributed by atoms with E-state index in [0.717, 1.165) is 25.7 Å². The van der Waals surface area contributed by atoms with Crippen LogP contribution in [-0.4, -0.2) is 18.5 Å². The zero-order valence-electron chi connectivity index (χ0n) is 13.4. The zero-order valence-corrected chi connectivity index (χ0v) is 14.2. The highest BCUT2D eigenvalue weighted by molar-refractivity contribution is 7.14. The number of aryl methyl sites for hydroxylation is 3. The maximum absolute atomic E-state index is 13.4. The lowest BCUT2D eigenvalue weighted by atomic mass is 9.99. The molecule has 0 bridgehead atoms. The number of esters is 1. The van der Waals surface area contributed by atoms with Gasteiger partial charge in [-0.05, 0) is 61.9 Å². The Morgan fingerprint density at radius 1 is 1.25 bits per heavy atom. The summed E-state index contributed by atoms with van der Waals surface area (Å²) < 4.78 is 18.5. The number of amides is 1. The number of carbonyl (C=O) groups is 2. The highest BCUT2D eigenvalue weighted by atomic mass is 32.1. The molecule has 1 aromatic carbocycles. The first-order valence-corrected chi connectivity index (χ1v) is 8.69. The Labute approximate surface area is 143 Å². The molecular formula is C18H18FNO3S. The van der Waals surface area contributed by atoms with Crippen LogP contribution in [0.5, 0.6) is 0 Å².